The molecule has 1 amide bonds. The van der Waals surface area contributed by atoms with E-state index in [2.05, 4.69) is 5.32 Å². The summed E-state index contributed by atoms with van der Waals surface area (Å²) in [5.74, 6) is -0.144. The van der Waals surface area contributed by atoms with Crippen LogP contribution in [0.25, 0.3) is 0 Å². The lowest BCUT2D eigenvalue weighted by molar-refractivity contribution is -0.118. The summed E-state index contributed by atoms with van der Waals surface area (Å²) in [6, 6.07) is 6.98. The normalized spacial score (nSPS) is 20.4. The van der Waals surface area contributed by atoms with Crippen molar-refractivity contribution >= 4 is 17.4 Å². The predicted octanol–water partition coefficient (Wildman–Crippen LogP) is 2.06. The van der Waals surface area contributed by atoms with Crippen molar-refractivity contribution in [2.24, 2.45) is 0 Å². The van der Waals surface area contributed by atoms with E-state index in [-0.39, 0.29) is 24.3 Å². The highest BCUT2D eigenvalue weighted by molar-refractivity contribution is 5.97. The van der Waals surface area contributed by atoms with E-state index in [9.17, 15) is 14.7 Å². The Morgan fingerprint density at radius 3 is 2.86 bits per heavy atom. The standard InChI is InChI=1S/C17H24N2O3/c1-12(20)14-6-5-7-15(10-14)18-17(22)11-19-9-4-3-8-16(19)13(2)21/h5-7,10,13,16,21H,3-4,8-9,11H2,1-2H3,(H,18,22). The Balaban J connectivity index is 1.97. The lowest BCUT2D eigenvalue weighted by atomic mass is 9.98. The maximum absolute atomic E-state index is 12.2. The number of aliphatic hydroxyl groups excluding tert-OH is 1. The van der Waals surface area contributed by atoms with Crippen molar-refractivity contribution in [1.29, 1.82) is 0 Å². The van der Waals surface area contributed by atoms with Gasteiger partial charge in [-0.25, -0.2) is 0 Å². The van der Waals surface area contributed by atoms with Gasteiger partial charge < -0.3 is 10.4 Å². The first-order valence-corrected chi connectivity index (χ1v) is 7.80. The molecule has 0 aromatic heterocycles. The van der Waals surface area contributed by atoms with Gasteiger partial charge in [-0.15, -0.1) is 0 Å². The van der Waals surface area contributed by atoms with Gasteiger partial charge >= 0.3 is 0 Å². The Morgan fingerprint density at radius 2 is 2.18 bits per heavy atom. The molecule has 1 aliphatic rings. The fourth-order valence-electron chi connectivity index (χ4n) is 2.96. The summed E-state index contributed by atoms with van der Waals surface area (Å²) < 4.78 is 0. The number of Topliss-reactive ketones (excluding diaryl/α,β-unsaturated/α-hetero) is 1. The van der Waals surface area contributed by atoms with Crippen molar-refractivity contribution in [2.75, 3.05) is 18.4 Å². The molecule has 0 saturated carbocycles. The number of hydrogen-bond acceptors (Lipinski definition) is 4. The number of benzene rings is 1. The van der Waals surface area contributed by atoms with Gasteiger partial charge in [-0.2, -0.15) is 0 Å². The summed E-state index contributed by atoms with van der Waals surface area (Å²) in [5.41, 5.74) is 1.21. The van der Waals surface area contributed by atoms with Crippen LogP contribution in [0.15, 0.2) is 24.3 Å². The number of hydrogen-bond donors (Lipinski definition) is 2. The molecule has 5 nitrogen and oxygen atoms in total. The zero-order valence-corrected chi connectivity index (χ0v) is 13.2. The van der Waals surface area contributed by atoms with Crippen LogP contribution >= 0.6 is 0 Å². The molecule has 1 saturated heterocycles. The molecule has 0 radical (unpaired) electrons. The summed E-state index contributed by atoms with van der Waals surface area (Å²) in [4.78, 5) is 25.6. The molecule has 2 unspecified atom stereocenters. The third kappa shape index (κ3) is 4.39. The highest BCUT2D eigenvalue weighted by Crippen LogP contribution is 2.20. The van der Waals surface area contributed by atoms with Crippen LogP contribution in [0.1, 0.15) is 43.5 Å². The molecule has 0 spiro atoms. The number of carbonyl (C=O) groups excluding carboxylic acids is 2. The Labute approximate surface area is 131 Å². The van der Waals surface area contributed by atoms with Gasteiger partial charge in [0.1, 0.15) is 0 Å². The van der Waals surface area contributed by atoms with Crippen LogP contribution in [0.2, 0.25) is 0 Å². The number of nitrogens with zero attached hydrogens (tertiary/aromatic N) is 1. The summed E-state index contributed by atoms with van der Waals surface area (Å²) in [7, 11) is 0. The first-order valence-electron chi connectivity index (χ1n) is 7.80. The molecule has 5 heteroatoms. The number of rotatable bonds is 5. The van der Waals surface area contributed by atoms with Crippen LogP contribution in [-0.2, 0) is 4.79 Å². The van der Waals surface area contributed by atoms with Gasteiger partial charge in [0, 0.05) is 17.3 Å². The third-order valence-corrected chi connectivity index (χ3v) is 4.12. The van der Waals surface area contributed by atoms with Gasteiger partial charge in [0.15, 0.2) is 5.78 Å². The van der Waals surface area contributed by atoms with E-state index in [0.29, 0.717) is 11.3 Å². The smallest absolute Gasteiger partial charge is 0.238 e. The molecule has 1 heterocycles. The second kappa shape index (κ2) is 7.51. The van der Waals surface area contributed by atoms with Gasteiger partial charge in [-0.1, -0.05) is 18.6 Å². The van der Waals surface area contributed by atoms with Gasteiger partial charge in [-0.05, 0) is 45.4 Å². The molecule has 1 aromatic carbocycles. The van der Waals surface area contributed by atoms with Crippen molar-refractivity contribution in [3.05, 3.63) is 29.8 Å². The molecule has 22 heavy (non-hydrogen) atoms. The summed E-state index contributed by atoms with van der Waals surface area (Å²) >= 11 is 0. The molecule has 120 valence electrons. The number of anilines is 1. The minimum absolute atomic E-state index is 0.0266. The van der Waals surface area contributed by atoms with Crippen molar-refractivity contribution < 1.29 is 14.7 Å². The number of aliphatic hydroxyl groups is 1. The Kier molecular flexibility index (Phi) is 5.69. The monoisotopic (exact) mass is 304 g/mol. The van der Waals surface area contributed by atoms with E-state index < -0.39 is 6.10 Å². The van der Waals surface area contributed by atoms with Gasteiger partial charge in [0.25, 0.3) is 0 Å². The Morgan fingerprint density at radius 1 is 1.41 bits per heavy atom. The first-order chi connectivity index (χ1) is 10.5. The number of ketones is 1. The number of nitrogens with one attached hydrogen (secondary N) is 1. The summed E-state index contributed by atoms with van der Waals surface area (Å²) in [5, 5.41) is 12.7. The molecular weight excluding hydrogens is 280 g/mol. The average molecular weight is 304 g/mol. The SMILES string of the molecule is CC(=O)c1cccc(NC(=O)CN2CCCCC2C(C)O)c1. The van der Waals surface area contributed by atoms with Crippen molar-refractivity contribution in [2.45, 2.75) is 45.3 Å². The zero-order valence-electron chi connectivity index (χ0n) is 13.2. The quantitative estimate of drug-likeness (QED) is 0.817. The van der Waals surface area contributed by atoms with E-state index in [1.165, 1.54) is 6.92 Å². The lowest BCUT2D eigenvalue weighted by Crippen LogP contribution is -2.48. The highest BCUT2D eigenvalue weighted by atomic mass is 16.3. The van der Waals surface area contributed by atoms with Crippen LogP contribution in [0.3, 0.4) is 0 Å². The third-order valence-electron chi connectivity index (χ3n) is 4.12. The van der Waals surface area contributed by atoms with Gasteiger partial charge in [0.05, 0.1) is 12.6 Å². The number of piperidine rings is 1. The molecule has 2 rings (SSSR count). The number of carbonyl (C=O) groups is 2. The highest BCUT2D eigenvalue weighted by Gasteiger charge is 2.27. The molecule has 2 N–H and O–H groups in total. The van der Waals surface area contributed by atoms with E-state index in [4.69, 9.17) is 0 Å². The Bertz CT molecular complexity index is 542. The van der Waals surface area contributed by atoms with Crippen molar-refractivity contribution in [3.8, 4) is 0 Å². The number of likely N-dealkylation sites (tertiary alicyclic amines) is 1. The van der Waals surface area contributed by atoms with Crippen molar-refractivity contribution in [3.63, 3.8) is 0 Å². The van der Waals surface area contributed by atoms with E-state index in [1.54, 1.807) is 31.2 Å². The predicted molar refractivity (Wildman–Crippen MR) is 86.0 cm³/mol. The molecule has 2 atom stereocenters. The second-order valence-corrected chi connectivity index (χ2v) is 5.96. The fourth-order valence-corrected chi connectivity index (χ4v) is 2.96. The van der Waals surface area contributed by atoms with E-state index in [1.807, 2.05) is 4.90 Å². The van der Waals surface area contributed by atoms with Crippen LogP contribution in [0.5, 0.6) is 0 Å². The van der Waals surface area contributed by atoms with Gasteiger partial charge in [-0.3, -0.25) is 14.5 Å². The molecule has 1 fully saturated rings. The fraction of sp³-hybridized carbons (Fsp3) is 0.529. The van der Waals surface area contributed by atoms with E-state index in [0.717, 1.165) is 25.8 Å². The zero-order chi connectivity index (χ0) is 16.1. The minimum Gasteiger partial charge on any atom is -0.392 e. The Hall–Kier alpha value is -1.72. The van der Waals surface area contributed by atoms with Crippen LogP contribution < -0.4 is 5.32 Å². The summed E-state index contributed by atoms with van der Waals surface area (Å²) in [6.45, 7) is 4.37. The topological polar surface area (TPSA) is 69.6 Å². The molecule has 1 aromatic rings. The second-order valence-electron chi connectivity index (χ2n) is 5.96. The maximum atomic E-state index is 12.2. The minimum atomic E-state index is -0.436. The first kappa shape index (κ1) is 16.6. The van der Waals surface area contributed by atoms with Crippen LogP contribution in [0.4, 0.5) is 5.69 Å². The average Bonchev–Trinajstić information content (AvgIpc) is 2.47. The number of amides is 1. The van der Waals surface area contributed by atoms with Crippen LogP contribution in [0, 0.1) is 0 Å². The molecule has 1 aliphatic heterocycles. The summed E-state index contributed by atoms with van der Waals surface area (Å²) in [6.07, 6.45) is 2.63. The largest absolute Gasteiger partial charge is 0.392 e. The van der Waals surface area contributed by atoms with Crippen molar-refractivity contribution in [1.82, 2.24) is 4.90 Å². The van der Waals surface area contributed by atoms with Gasteiger partial charge in [0.2, 0.25) is 5.91 Å². The molecular formula is C17H24N2O3. The van der Waals surface area contributed by atoms with Crippen LogP contribution in [-0.4, -0.2) is 46.9 Å². The lowest BCUT2D eigenvalue weighted by Gasteiger charge is -2.36. The maximum Gasteiger partial charge on any atom is 0.238 e. The van der Waals surface area contributed by atoms with E-state index >= 15 is 0 Å². The molecule has 0 aliphatic carbocycles. The molecule has 0 bridgehead atoms.